The van der Waals surface area contributed by atoms with Crippen LogP contribution in [0.3, 0.4) is 0 Å². The highest BCUT2D eigenvalue weighted by Crippen LogP contribution is 2.35. The first-order chi connectivity index (χ1) is 5.74. The van der Waals surface area contributed by atoms with Gasteiger partial charge in [-0.15, -0.1) is 11.3 Å². The standard InChI is InChI=1S/C7H4O4S/c8-1-4-6-3(2-12-4)5(9)7(10)11-6/h1-2,7,10H. The Morgan fingerprint density at radius 3 is 3.08 bits per heavy atom. The Balaban J connectivity index is 2.55. The topological polar surface area (TPSA) is 63.6 Å². The summed E-state index contributed by atoms with van der Waals surface area (Å²) in [7, 11) is 0. The normalized spacial score (nSPS) is 20.4. The summed E-state index contributed by atoms with van der Waals surface area (Å²) in [4.78, 5) is 21.8. The first kappa shape index (κ1) is 7.45. The molecule has 2 rings (SSSR count). The number of aliphatic hydroxyl groups excluding tert-OH is 1. The Hall–Kier alpha value is -1.20. The molecule has 1 atom stereocenters. The van der Waals surface area contributed by atoms with Crippen LogP contribution in [0.1, 0.15) is 20.0 Å². The molecule has 0 fully saturated rings. The smallest absolute Gasteiger partial charge is 0.262 e. The predicted octanol–water partition coefficient (Wildman–Crippen LogP) is 0.454. The molecule has 0 aromatic carbocycles. The highest BCUT2D eigenvalue weighted by Gasteiger charge is 2.33. The van der Waals surface area contributed by atoms with Gasteiger partial charge in [-0.25, -0.2) is 0 Å². The molecular weight excluding hydrogens is 180 g/mol. The molecule has 1 unspecified atom stereocenters. The fraction of sp³-hybridized carbons (Fsp3) is 0.143. The first-order valence-corrected chi connectivity index (χ1v) is 4.07. The molecule has 1 N–H and O–H groups in total. The van der Waals surface area contributed by atoms with Crippen molar-refractivity contribution < 1.29 is 19.4 Å². The van der Waals surface area contributed by atoms with Crippen LogP contribution in [0.15, 0.2) is 5.38 Å². The Kier molecular flexibility index (Phi) is 1.49. The molecule has 1 aromatic heterocycles. The number of ether oxygens (including phenoxy) is 1. The van der Waals surface area contributed by atoms with Crippen LogP contribution in [0.2, 0.25) is 0 Å². The average molecular weight is 184 g/mol. The molecule has 1 aliphatic heterocycles. The van der Waals surface area contributed by atoms with E-state index >= 15 is 0 Å². The maximum Gasteiger partial charge on any atom is 0.262 e. The minimum absolute atomic E-state index is 0.215. The van der Waals surface area contributed by atoms with E-state index in [1.807, 2.05) is 0 Å². The molecule has 4 nitrogen and oxygen atoms in total. The number of carbonyl (C=O) groups is 2. The van der Waals surface area contributed by atoms with Crippen molar-refractivity contribution >= 4 is 23.4 Å². The zero-order chi connectivity index (χ0) is 8.72. The number of thiophene rings is 1. The fourth-order valence-corrected chi connectivity index (χ4v) is 1.82. The predicted molar refractivity (Wildman–Crippen MR) is 40.7 cm³/mol. The summed E-state index contributed by atoms with van der Waals surface area (Å²) in [5, 5.41) is 10.5. The van der Waals surface area contributed by atoms with Crippen LogP contribution in [0.5, 0.6) is 5.75 Å². The lowest BCUT2D eigenvalue weighted by atomic mass is 10.2. The molecule has 0 saturated carbocycles. The molecule has 0 saturated heterocycles. The van der Waals surface area contributed by atoms with Gasteiger partial charge in [-0.3, -0.25) is 9.59 Å². The number of rotatable bonds is 1. The molecule has 0 amide bonds. The lowest BCUT2D eigenvalue weighted by molar-refractivity contribution is 0.00850. The van der Waals surface area contributed by atoms with Crippen LogP contribution < -0.4 is 4.74 Å². The second-order valence-electron chi connectivity index (χ2n) is 2.30. The molecule has 0 bridgehead atoms. The Labute approximate surface area is 71.4 Å². The van der Waals surface area contributed by atoms with Gasteiger partial charge in [-0.1, -0.05) is 0 Å². The van der Waals surface area contributed by atoms with Crippen molar-refractivity contribution in [3.63, 3.8) is 0 Å². The van der Waals surface area contributed by atoms with Gasteiger partial charge in [0.1, 0.15) is 4.88 Å². The van der Waals surface area contributed by atoms with E-state index in [1.54, 1.807) is 0 Å². The lowest BCUT2D eigenvalue weighted by Gasteiger charge is -1.99. The zero-order valence-electron chi connectivity index (χ0n) is 5.81. The van der Waals surface area contributed by atoms with Crippen LogP contribution in [0, 0.1) is 0 Å². The number of Topliss-reactive ketones (excluding diaryl/α,β-unsaturated/α-hetero) is 1. The van der Waals surface area contributed by atoms with Gasteiger partial charge in [0.25, 0.3) is 6.29 Å². The van der Waals surface area contributed by atoms with Gasteiger partial charge in [0, 0.05) is 5.38 Å². The summed E-state index contributed by atoms with van der Waals surface area (Å²) in [5.41, 5.74) is 0.301. The maximum atomic E-state index is 11.0. The third-order valence-corrected chi connectivity index (χ3v) is 2.49. The Morgan fingerprint density at radius 2 is 2.42 bits per heavy atom. The van der Waals surface area contributed by atoms with Crippen LogP contribution in [-0.4, -0.2) is 23.5 Å². The van der Waals surface area contributed by atoms with Crippen molar-refractivity contribution in [3.05, 3.63) is 15.8 Å². The molecule has 62 valence electrons. The second-order valence-corrected chi connectivity index (χ2v) is 3.21. The van der Waals surface area contributed by atoms with Gasteiger partial charge in [-0.2, -0.15) is 0 Å². The van der Waals surface area contributed by atoms with Crippen LogP contribution in [-0.2, 0) is 0 Å². The SMILES string of the molecule is O=Cc1scc2c1OC(O)C2=O. The molecule has 2 heterocycles. The monoisotopic (exact) mass is 184 g/mol. The van der Waals surface area contributed by atoms with Gasteiger partial charge in [0.2, 0.25) is 5.78 Å². The number of fused-ring (bicyclic) bond motifs is 1. The van der Waals surface area contributed by atoms with Crippen LogP contribution in [0.4, 0.5) is 0 Å². The lowest BCUT2D eigenvalue weighted by Crippen LogP contribution is -2.18. The number of aldehydes is 1. The minimum atomic E-state index is -1.43. The van der Waals surface area contributed by atoms with E-state index < -0.39 is 12.1 Å². The van der Waals surface area contributed by atoms with Crippen LogP contribution in [0.25, 0.3) is 0 Å². The largest absolute Gasteiger partial charge is 0.455 e. The molecule has 12 heavy (non-hydrogen) atoms. The summed E-state index contributed by atoms with van der Waals surface area (Å²) in [6.07, 6.45) is -0.823. The summed E-state index contributed by atoms with van der Waals surface area (Å²) in [6.45, 7) is 0. The zero-order valence-corrected chi connectivity index (χ0v) is 6.63. The van der Waals surface area contributed by atoms with Crippen molar-refractivity contribution in [2.24, 2.45) is 0 Å². The highest BCUT2D eigenvalue weighted by atomic mass is 32.1. The van der Waals surface area contributed by atoms with E-state index in [0.29, 0.717) is 16.7 Å². The van der Waals surface area contributed by atoms with E-state index in [-0.39, 0.29) is 5.75 Å². The van der Waals surface area contributed by atoms with Gasteiger partial charge in [-0.05, 0) is 0 Å². The molecule has 0 aliphatic carbocycles. The molecule has 1 aromatic rings. The number of hydrogen-bond acceptors (Lipinski definition) is 5. The van der Waals surface area contributed by atoms with Crippen molar-refractivity contribution in [2.45, 2.75) is 6.29 Å². The summed E-state index contributed by atoms with van der Waals surface area (Å²) in [5.74, 6) is -0.262. The van der Waals surface area contributed by atoms with Crippen LogP contribution >= 0.6 is 11.3 Å². The van der Waals surface area contributed by atoms with E-state index in [2.05, 4.69) is 0 Å². The van der Waals surface area contributed by atoms with Gasteiger partial charge < -0.3 is 9.84 Å². The molecule has 1 aliphatic rings. The second kappa shape index (κ2) is 2.40. The number of aliphatic hydroxyl groups is 1. The fourth-order valence-electron chi connectivity index (χ4n) is 1.03. The van der Waals surface area contributed by atoms with E-state index in [0.717, 1.165) is 11.3 Å². The maximum absolute atomic E-state index is 11.0. The van der Waals surface area contributed by atoms with E-state index in [9.17, 15) is 9.59 Å². The summed E-state index contributed by atoms with van der Waals surface area (Å²) < 4.78 is 4.77. The Bertz CT molecular complexity index is 354. The molecule has 0 radical (unpaired) electrons. The Morgan fingerprint density at radius 1 is 1.67 bits per heavy atom. The summed E-state index contributed by atoms with van der Waals surface area (Å²) in [6, 6.07) is 0. The van der Waals surface area contributed by atoms with E-state index in [1.165, 1.54) is 5.38 Å². The summed E-state index contributed by atoms with van der Waals surface area (Å²) >= 11 is 1.13. The number of ketones is 1. The number of carbonyl (C=O) groups excluding carboxylic acids is 2. The molecular formula is C7H4O4S. The third-order valence-electron chi connectivity index (χ3n) is 1.60. The van der Waals surface area contributed by atoms with Gasteiger partial charge in [0.15, 0.2) is 12.0 Å². The quantitative estimate of drug-likeness (QED) is 0.644. The average Bonchev–Trinajstić information content (AvgIpc) is 2.55. The van der Waals surface area contributed by atoms with Crippen molar-refractivity contribution in [3.8, 4) is 5.75 Å². The molecule has 5 heteroatoms. The van der Waals surface area contributed by atoms with Gasteiger partial charge >= 0.3 is 0 Å². The first-order valence-electron chi connectivity index (χ1n) is 3.19. The third kappa shape index (κ3) is 0.804. The highest BCUT2D eigenvalue weighted by molar-refractivity contribution is 7.12. The van der Waals surface area contributed by atoms with Crippen molar-refractivity contribution in [2.75, 3.05) is 0 Å². The van der Waals surface area contributed by atoms with Crippen molar-refractivity contribution in [1.82, 2.24) is 0 Å². The minimum Gasteiger partial charge on any atom is -0.455 e. The molecule has 0 spiro atoms. The number of hydrogen-bond donors (Lipinski definition) is 1. The van der Waals surface area contributed by atoms with Gasteiger partial charge in [0.05, 0.1) is 5.56 Å². The van der Waals surface area contributed by atoms with Crippen molar-refractivity contribution in [1.29, 1.82) is 0 Å². The van der Waals surface area contributed by atoms with E-state index in [4.69, 9.17) is 9.84 Å².